The molecule has 4 nitrogen and oxygen atoms in total. The first-order chi connectivity index (χ1) is 10.2. The Hall–Kier alpha value is -1.91. The Bertz CT molecular complexity index is 604. The SMILES string of the molecule is COc1ccc(OC)c(C(O)CNc2ccccc2Cl)c1. The molecule has 0 saturated heterocycles. The molecule has 5 heteroatoms. The molecular weight excluding hydrogens is 290 g/mol. The second-order valence-electron chi connectivity index (χ2n) is 4.48. The summed E-state index contributed by atoms with van der Waals surface area (Å²) in [7, 11) is 3.15. The largest absolute Gasteiger partial charge is 0.497 e. The fourth-order valence-electron chi connectivity index (χ4n) is 2.02. The molecule has 2 N–H and O–H groups in total. The molecule has 0 aliphatic carbocycles. The van der Waals surface area contributed by atoms with E-state index in [1.54, 1.807) is 38.5 Å². The van der Waals surface area contributed by atoms with Crippen molar-refractivity contribution in [3.8, 4) is 11.5 Å². The Balaban J connectivity index is 2.13. The van der Waals surface area contributed by atoms with Gasteiger partial charge in [0.25, 0.3) is 0 Å². The summed E-state index contributed by atoms with van der Waals surface area (Å²) in [5.41, 5.74) is 1.44. The topological polar surface area (TPSA) is 50.7 Å². The molecule has 1 atom stereocenters. The van der Waals surface area contributed by atoms with E-state index in [-0.39, 0.29) is 0 Å². The smallest absolute Gasteiger partial charge is 0.124 e. The molecule has 1 unspecified atom stereocenters. The first-order valence-corrected chi connectivity index (χ1v) is 6.92. The Morgan fingerprint density at radius 2 is 1.90 bits per heavy atom. The average Bonchev–Trinajstić information content (AvgIpc) is 2.53. The van der Waals surface area contributed by atoms with E-state index >= 15 is 0 Å². The lowest BCUT2D eigenvalue weighted by atomic mass is 10.1. The van der Waals surface area contributed by atoms with Gasteiger partial charge in [-0.3, -0.25) is 0 Å². The predicted octanol–water partition coefficient (Wildman–Crippen LogP) is 3.50. The average molecular weight is 308 g/mol. The third kappa shape index (κ3) is 3.80. The highest BCUT2D eigenvalue weighted by Gasteiger charge is 2.15. The van der Waals surface area contributed by atoms with Gasteiger partial charge in [0.15, 0.2) is 0 Å². The third-order valence-corrected chi connectivity index (χ3v) is 3.49. The van der Waals surface area contributed by atoms with Crippen LogP contribution in [0.15, 0.2) is 42.5 Å². The van der Waals surface area contributed by atoms with Gasteiger partial charge in [-0.25, -0.2) is 0 Å². The molecule has 0 amide bonds. The summed E-state index contributed by atoms with van der Waals surface area (Å²) < 4.78 is 10.5. The number of hydrogen-bond donors (Lipinski definition) is 2. The minimum absolute atomic E-state index is 0.313. The number of benzene rings is 2. The minimum atomic E-state index is -0.744. The van der Waals surface area contributed by atoms with Crippen LogP contribution in [-0.2, 0) is 0 Å². The van der Waals surface area contributed by atoms with Crippen molar-refractivity contribution < 1.29 is 14.6 Å². The van der Waals surface area contributed by atoms with E-state index in [0.717, 1.165) is 5.69 Å². The van der Waals surface area contributed by atoms with E-state index in [4.69, 9.17) is 21.1 Å². The van der Waals surface area contributed by atoms with Crippen molar-refractivity contribution in [2.24, 2.45) is 0 Å². The molecule has 0 fully saturated rings. The number of methoxy groups -OCH3 is 2. The number of nitrogens with one attached hydrogen (secondary N) is 1. The quantitative estimate of drug-likeness (QED) is 0.857. The summed E-state index contributed by atoms with van der Waals surface area (Å²) in [6, 6.07) is 12.7. The highest BCUT2D eigenvalue weighted by molar-refractivity contribution is 6.33. The molecule has 0 aromatic heterocycles. The van der Waals surface area contributed by atoms with E-state index in [1.165, 1.54) is 0 Å². The maximum atomic E-state index is 10.4. The highest BCUT2D eigenvalue weighted by Crippen LogP contribution is 2.30. The van der Waals surface area contributed by atoms with Crippen LogP contribution in [0.25, 0.3) is 0 Å². The lowest BCUT2D eigenvalue weighted by molar-refractivity contribution is 0.186. The summed E-state index contributed by atoms with van der Waals surface area (Å²) in [4.78, 5) is 0. The summed E-state index contributed by atoms with van der Waals surface area (Å²) in [5, 5.41) is 14.1. The molecule has 2 rings (SSSR count). The maximum Gasteiger partial charge on any atom is 0.124 e. The van der Waals surface area contributed by atoms with Gasteiger partial charge in [-0.15, -0.1) is 0 Å². The van der Waals surface area contributed by atoms with Gasteiger partial charge in [-0.1, -0.05) is 23.7 Å². The molecule has 2 aromatic carbocycles. The van der Waals surface area contributed by atoms with Crippen molar-refractivity contribution in [3.05, 3.63) is 53.1 Å². The van der Waals surface area contributed by atoms with E-state index in [1.807, 2.05) is 18.2 Å². The van der Waals surface area contributed by atoms with Crippen LogP contribution >= 0.6 is 11.6 Å². The lowest BCUT2D eigenvalue weighted by Crippen LogP contribution is -2.13. The molecular formula is C16H18ClNO3. The predicted molar refractivity (Wildman–Crippen MR) is 84.4 cm³/mol. The molecule has 0 heterocycles. The van der Waals surface area contributed by atoms with Gasteiger partial charge in [0.2, 0.25) is 0 Å². The molecule has 0 aliphatic heterocycles. The molecule has 0 saturated carbocycles. The molecule has 0 aliphatic rings. The molecule has 21 heavy (non-hydrogen) atoms. The Labute approximate surface area is 129 Å². The summed E-state index contributed by atoms with van der Waals surface area (Å²) in [5.74, 6) is 1.28. The zero-order valence-corrected chi connectivity index (χ0v) is 12.7. The monoisotopic (exact) mass is 307 g/mol. The van der Waals surface area contributed by atoms with Crippen LogP contribution in [0, 0.1) is 0 Å². The third-order valence-electron chi connectivity index (χ3n) is 3.16. The van der Waals surface area contributed by atoms with Crippen molar-refractivity contribution in [2.75, 3.05) is 26.1 Å². The standard InChI is InChI=1S/C16H18ClNO3/c1-20-11-7-8-16(21-2)12(9-11)15(19)10-18-14-6-4-3-5-13(14)17/h3-9,15,18-19H,10H2,1-2H3. The molecule has 0 radical (unpaired) electrons. The number of hydrogen-bond acceptors (Lipinski definition) is 4. The van der Waals surface area contributed by atoms with E-state index in [0.29, 0.717) is 28.6 Å². The Kier molecular flexibility index (Phi) is 5.31. The van der Waals surface area contributed by atoms with E-state index in [2.05, 4.69) is 5.32 Å². The van der Waals surface area contributed by atoms with Gasteiger partial charge in [0, 0.05) is 12.1 Å². The number of halogens is 1. The zero-order valence-electron chi connectivity index (χ0n) is 12.0. The number of aliphatic hydroxyl groups excluding tert-OH is 1. The summed E-state index contributed by atoms with van der Waals surface area (Å²) >= 11 is 6.07. The van der Waals surface area contributed by atoms with Crippen LogP contribution in [0.1, 0.15) is 11.7 Å². The van der Waals surface area contributed by atoms with E-state index in [9.17, 15) is 5.11 Å². The van der Waals surface area contributed by atoms with Crippen LogP contribution in [0.2, 0.25) is 5.02 Å². The number of ether oxygens (including phenoxy) is 2. The van der Waals surface area contributed by atoms with Crippen molar-refractivity contribution in [1.82, 2.24) is 0 Å². The second-order valence-corrected chi connectivity index (χ2v) is 4.89. The van der Waals surface area contributed by atoms with Crippen molar-refractivity contribution in [1.29, 1.82) is 0 Å². The molecule has 0 spiro atoms. The number of anilines is 1. The summed E-state index contributed by atoms with van der Waals surface area (Å²) in [6.07, 6.45) is -0.744. The van der Waals surface area contributed by atoms with Gasteiger partial charge in [-0.05, 0) is 30.3 Å². The van der Waals surface area contributed by atoms with Gasteiger partial charge in [0.05, 0.1) is 31.0 Å². The summed E-state index contributed by atoms with van der Waals surface area (Å²) in [6.45, 7) is 0.313. The normalized spacial score (nSPS) is 11.8. The zero-order chi connectivity index (χ0) is 15.2. The molecule has 0 bridgehead atoms. The van der Waals surface area contributed by atoms with Crippen LogP contribution < -0.4 is 14.8 Å². The molecule has 112 valence electrons. The van der Waals surface area contributed by atoms with Gasteiger partial charge >= 0.3 is 0 Å². The molecule has 2 aromatic rings. The number of rotatable bonds is 6. The number of para-hydroxylation sites is 1. The Morgan fingerprint density at radius 3 is 2.57 bits per heavy atom. The minimum Gasteiger partial charge on any atom is -0.497 e. The second kappa shape index (κ2) is 7.20. The van der Waals surface area contributed by atoms with Gasteiger partial charge < -0.3 is 19.9 Å². The maximum absolute atomic E-state index is 10.4. The van der Waals surface area contributed by atoms with Gasteiger partial charge in [-0.2, -0.15) is 0 Å². The van der Waals surface area contributed by atoms with E-state index < -0.39 is 6.10 Å². The highest BCUT2D eigenvalue weighted by atomic mass is 35.5. The van der Waals surface area contributed by atoms with Crippen LogP contribution in [0.5, 0.6) is 11.5 Å². The van der Waals surface area contributed by atoms with Crippen molar-refractivity contribution in [2.45, 2.75) is 6.10 Å². The van der Waals surface area contributed by atoms with Crippen LogP contribution in [0.4, 0.5) is 5.69 Å². The number of aliphatic hydroxyl groups is 1. The fraction of sp³-hybridized carbons (Fsp3) is 0.250. The van der Waals surface area contributed by atoms with Crippen molar-refractivity contribution in [3.63, 3.8) is 0 Å². The van der Waals surface area contributed by atoms with Crippen LogP contribution in [-0.4, -0.2) is 25.9 Å². The Morgan fingerprint density at radius 1 is 1.14 bits per heavy atom. The van der Waals surface area contributed by atoms with Gasteiger partial charge in [0.1, 0.15) is 11.5 Å². The van der Waals surface area contributed by atoms with Crippen LogP contribution in [0.3, 0.4) is 0 Å². The first-order valence-electron chi connectivity index (χ1n) is 6.54. The fourth-order valence-corrected chi connectivity index (χ4v) is 2.22. The van der Waals surface area contributed by atoms with Crippen molar-refractivity contribution >= 4 is 17.3 Å². The first kappa shape index (κ1) is 15.5. The lowest BCUT2D eigenvalue weighted by Gasteiger charge is -2.17.